The van der Waals surface area contributed by atoms with Crippen molar-refractivity contribution in [1.29, 1.82) is 0 Å². The standard InChI is InChI=1S/2C21H17FN6O2.C16H11FN2O3.C5H8N4/c2*22-17-6-5-13(10-18-14-3-1-2-4-15(14)20(29)26-25-18)9-16(17)21(30)27-7-8-28-19(11-27)23-12-24-28;17-13-6-5-9(7-12(13)16(21)22)8-14-10-3-1-2-4-11(10)15(20)19-18-14;1-2-9-5(3-6-1)7-4-8-9/h2*1-6,9,12H,7-8,10-11H2,(H,26,29);1-7H,8H2,(H,19,20)(H,21,22);4,6H,1-3H2. The molecule has 25 nitrogen and oxygen atoms in total. The first-order valence-corrected chi connectivity index (χ1v) is 28.6. The summed E-state index contributed by atoms with van der Waals surface area (Å²) in [6.45, 7) is 5.32. The summed E-state index contributed by atoms with van der Waals surface area (Å²) in [5.74, 6) is -1.63. The maximum atomic E-state index is 14.5. The molecule has 0 atom stereocenters. The summed E-state index contributed by atoms with van der Waals surface area (Å²) in [5, 5.41) is 47.9. The molecule has 15 rings (SSSR count). The van der Waals surface area contributed by atoms with Crippen molar-refractivity contribution >= 4 is 50.1 Å². The van der Waals surface area contributed by atoms with E-state index in [1.807, 2.05) is 28.9 Å². The topological polar surface area (TPSA) is 319 Å². The van der Waals surface area contributed by atoms with Crippen molar-refractivity contribution in [3.05, 3.63) is 263 Å². The number of hydrogen-bond donors (Lipinski definition) is 5. The molecule has 0 saturated heterocycles. The largest absolute Gasteiger partial charge is 0.478 e. The van der Waals surface area contributed by atoms with Crippen molar-refractivity contribution in [3.63, 3.8) is 0 Å². The number of aromatic carboxylic acids is 1. The molecule has 12 aromatic rings. The number of fused-ring (bicyclic) bond motifs is 6. The molecule has 0 fully saturated rings. The van der Waals surface area contributed by atoms with Crippen LogP contribution in [0.4, 0.5) is 13.2 Å². The lowest BCUT2D eigenvalue weighted by atomic mass is 10.0. The fourth-order valence-corrected chi connectivity index (χ4v) is 10.8. The van der Waals surface area contributed by atoms with E-state index < -0.39 is 23.4 Å². The molecule has 458 valence electrons. The highest BCUT2D eigenvalue weighted by Crippen LogP contribution is 2.24. The lowest BCUT2D eigenvalue weighted by Crippen LogP contribution is -2.39. The van der Waals surface area contributed by atoms with Crippen LogP contribution in [-0.2, 0) is 58.5 Å². The molecule has 9 heterocycles. The summed E-state index contributed by atoms with van der Waals surface area (Å²) in [7, 11) is 0. The summed E-state index contributed by atoms with van der Waals surface area (Å²) in [5.41, 5.74) is 2.78. The van der Waals surface area contributed by atoms with Gasteiger partial charge < -0.3 is 20.2 Å². The minimum Gasteiger partial charge on any atom is -0.478 e. The van der Waals surface area contributed by atoms with Gasteiger partial charge in [-0.1, -0.05) is 72.8 Å². The highest BCUT2D eigenvalue weighted by molar-refractivity contribution is 5.96. The number of hydrogen-bond acceptors (Lipinski definition) is 16. The Morgan fingerprint density at radius 2 is 0.791 bits per heavy atom. The molecule has 6 aromatic heterocycles. The molecule has 91 heavy (non-hydrogen) atoms. The first-order chi connectivity index (χ1) is 44.2. The average molecular weight is 1230 g/mol. The lowest BCUT2D eigenvalue weighted by molar-refractivity contribution is 0.0684. The number of benzene rings is 6. The Morgan fingerprint density at radius 3 is 1.18 bits per heavy atom. The molecule has 0 radical (unpaired) electrons. The quantitative estimate of drug-likeness (QED) is 0.119. The number of nitrogens with one attached hydrogen (secondary N) is 4. The molecule has 0 saturated carbocycles. The Balaban J connectivity index is 0.000000124. The van der Waals surface area contributed by atoms with Crippen LogP contribution in [0.1, 0.15) is 82.3 Å². The maximum absolute atomic E-state index is 14.5. The smallest absolute Gasteiger partial charge is 0.338 e. The number of amides is 2. The zero-order valence-electron chi connectivity index (χ0n) is 48.1. The van der Waals surface area contributed by atoms with Gasteiger partial charge in [-0.3, -0.25) is 24.0 Å². The summed E-state index contributed by atoms with van der Waals surface area (Å²) in [6, 6.07) is 34.2. The van der Waals surface area contributed by atoms with Crippen molar-refractivity contribution in [2.75, 3.05) is 19.6 Å². The zero-order valence-corrected chi connectivity index (χ0v) is 48.1. The third-order valence-corrected chi connectivity index (χ3v) is 15.5. The van der Waals surface area contributed by atoms with Gasteiger partial charge in [0.15, 0.2) is 0 Å². The number of aromatic nitrogens is 15. The molecule has 5 N–H and O–H groups in total. The van der Waals surface area contributed by atoms with Crippen molar-refractivity contribution < 1.29 is 32.7 Å². The Bertz CT molecular complexity index is 4700. The van der Waals surface area contributed by atoms with Crippen molar-refractivity contribution in [3.8, 4) is 0 Å². The van der Waals surface area contributed by atoms with Gasteiger partial charge in [0.25, 0.3) is 28.5 Å². The van der Waals surface area contributed by atoms with E-state index in [4.69, 9.17) is 5.11 Å². The molecule has 0 spiro atoms. The molecule has 3 aliphatic rings. The predicted molar refractivity (Wildman–Crippen MR) is 323 cm³/mol. The molecule has 3 aliphatic heterocycles. The van der Waals surface area contributed by atoms with Crippen LogP contribution in [0.15, 0.2) is 161 Å². The van der Waals surface area contributed by atoms with Crippen LogP contribution in [-0.4, -0.2) is 127 Å². The number of H-pyrrole nitrogens is 3. The number of carbonyl (C=O) groups is 3. The van der Waals surface area contributed by atoms with Gasteiger partial charge in [-0.15, -0.1) is 0 Å². The second-order valence-electron chi connectivity index (χ2n) is 21.2. The molecular weight excluding hydrogens is 1180 g/mol. The van der Waals surface area contributed by atoms with E-state index in [1.165, 1.54) is 36.9 Å². The summed E-state index contributed by atoms with van der Waals surface area (Å²) in [4.78, 5) is 88.1. The molecule has 28 heteroatoms. The third kappa shape index (κ3) is 13.1. The molecular formula is C63H53F3N18O7. The first-order valence-electron chi connectivity index (χ1n) is 28.6. The molecule has 0 unspecified atom stereocenters. The van der Waals surface area contributed by atoms with Gasteiger partial charge in [-0.05, 0) is 71.3 Å². The second kappa shape index (κ2) is 26.3. The maximum Gasteiger partial charge on any atom is 0.338 e. The highest BCUT2D eigenvalue weighted by atomic mass is 19.1. The minimum absolute atomic E-state index is 0.00851. The molecule has 2 amide bonds. The van der Waals surface area contributed by atoms with Gasteiger partial charge in [0.05, 0.1) is 89.2 Å². The second-order valence-corrected chi connectivity index (χ2v) is 21.2. The SMILES string of the molecule is O=C(O)c1cc(Cc2n[nH]c(=O)c3ccccc23)ccc1F.O=C(c1cc(Cc2n[nH]c(=O)c3ccccc23)ccc1F)N1CCn2ncnc2C1.O=C(c1cc(Cc2n[nH]c(=O)c3ccccc23)ccc1F)N1CCn2ncnc2C1.c1nc2n(n1)CCNC2. The summed E-state index contributed by atoms with van der Waals surface area (Å²) in [6.07, 6.45) is 5.50. The van der Waals surface area contributed by atoms with E-state index in [-0.39, 0.29) is 64.7 Å². The lowest BCUT2D eigenvalue weighted by Gasteiger charge is -2.27. The Morgan fingerprint density at radius 1 is 0.440 bits per heavy atom. The van der Waals surface area contributed by atoms with E-state index in [2.05, 4.69) is 66.2 Å². The van der Waals surface area contributed by atoms with Gasteiger partial charge in [-0.2, -0.15) is 30.6 Å². The van der Waals surface area contributed by atoms with E-state index in [0.717, 1.165) is 53.4 Å². The number of carbonyl (C=O) groups excluding carboxylic acids is 2. The molecule has 6 aromatic carbocycles. The van der Waals surface area contributed by atoms with Crippen LogP contribution >= 0.6 is 0 Å². The zero-order chi connectivity index (χ0) is 63.1. The van der Waals surface area contributed by atoms with Crippen LogP contribution in [0.5, 0.6) is 0 Å². The number of carboxylic acid groups (broad SMARTS) is 1. The Labute approximate surface area is 511 Å². The summed E-state index contributed by atoms with van der Waals surface area (Å²) < 4.78 is 47.9. The number of rotatable bonds is 9. The van der Waals surface area contributed by atoms with Crippen molar-refractivity contribution in [2.24, 2.45) is 0 Å². The van der Waals surface area contributed by atoms with Crippen LogP contribution in [0.25, 0.3) is 32.3 Å². The number of halogens is 3. The van der Waals surface area contributed by atoms with E-state index in [1.54, 1.807) is 98.3 Å². The van der Waals surface area contributed by atoms with Crippen LogP contribution in [0, 0.1) is 17.5 Å². The Kier molecular flexibility index (Phi) is 17.3. The van der Waals surface area contributed by atoms with Crippen LogP contribution < -0.4 is 22.0 Å². The van der Waals surface area contributed by atoms with Gasteiger partial charge >= 0.3 is 5.97 Å². The minimum atomic E-state index is -1.32. The van der Waals surface area contributed by atoms with Gasteiger partial charge in [0, 0.05) is 55.1 Å². The van der Waals surface area contributed by atoms with Crippen LogP contribution in [0.3, 0.4) is 0 Å². The average Bonchev–Trinajstić information content (AvgIpc) is 3.15. The number of aromatic amines is 3. The first kappa shape index (κ1) is 59.6. The number of carboxylic acids is 1. The Hall–Kier alpha value is -11.7. The van der Waals surface area contributed by atoms with E-state index in [0.29, 0.717) is 94.9 Å². The van der Waals surface area contributed by atoms with Gasteiger partial charge in [-0.25, -0.2) is 62.3 Å². The third-order valence-electron chi connectivity index (χ3n) is 15.5. The van der Waals surface area contributed by atoms with Crippen molar-refractivity contribution in [2.45, 2.75) is 58.5 Å². The molecule has 0 aliphatic carbocycles. The fraction of sp³-hybridized carbons (Fsp3) is 0.190. The molecule has 0 bridgehead atoms. The highest BCUT2D eigenvalue weighted by Gasteiger charge is 2.28. The number of nitrogens with zero attached hydrogens (tertiary/aromatic N) is 14. The summed E-state index contributed by atoms with van der Waals surface area (Å²) >= 11 is 0. The monoisotopic (exact) mass is 1230 g/mol. The van der Waals surface area contributed by atoms with E-state index >= 15 is 0 Å². The van der Waals surface area contributed by atoms with Gasteiger partial charge in [0.1, 0.15) is 53.9 Å². The van der Waals surface area contributed by atoms with E-state index in [9.17, 15) is 41.9 Å². The van der Waals surface area contributed by atoms with Gasteiger partial charge in [0.2, 0.25) is 0 Å². The normalized spacial score (nSPS) is 13.2. The predicted octanol–water partition coefficient (Wildman–Crippen LogP) is 5.53. The fourth-order valence-electron chi connectivity index (χ4n) is 10.8. The van der Waals surface area contributed by atoms with Crippen LogP contribution in [0.2, 0.25) is 0 Å². The van der Waals surface area contributed by atoms with Crippen molar-refractivity contribution in [1.82, 2.24) is 90.0 Å².